The molecule has 0 heterocycles. The molecule has 1 unspecified atom stereocenters. The fraction of sp³-hybridized carbons (Fsp3) is 0.824. The third kappa shape index (κ3) is 30.5. The minimum absolute atomic E-state index is 0.0293. The molecule has 44 heavy (non-hydrogen) atoms. The predicted octanol–water partition coefficient (Wildman–Crippen LogP) is 8.46. The number of carbonyl (C=O) groups is 2. The number of ether oxygens (including phenoxy) is 2. The van der Waals surface area contributed by atoms with Crippen molar-refractivity contribution in [1.29, 1.82) is 0 Å². The van der Waals surface area contributed by atoms with Gasteiger partial charge >= 0.3 is 19.8 Å². The van der Waals surface area contributed by atoms with Crippen molar-refractivity contribution in [2.75, 3.05) is 47.5 Å². The molecule has 0 saturated carbocycles. The number of phosphoric ester groups is 1. The minimum Gasteiger partial charge on any atom is -0.462 e. The van der Waals surface area contributed by atoms with E-state index in [9.17, 15) is 19.0 Å². The van der Waals surface area contributed by atoms with Crippen LogP contribution in [0.15, 0.2) is 24.3 Å². The second-order valence-electron chi connectivity index (χ2n) is 12.6. The molecule has 0 fully saturated rings. The molecule has 0 aromatic carbocycles. The molecule has 10 heteroatoms. The summed E-state index contributed by atoms with van der Waals surface area (Å²) < 4.78 is 33.8. The Kier molecular flexibility index (Phi) is 26.8. The van der Waals surface area contributed by atoms with Gasteiger partial charge in [-0.2, -0.15) is 0 Å². The van der Waals surface area contributed by atoms with Gasteiger partial charge in [0.2, 0.25) is 0 Å². The van der Waals surface area contributed by atoms with E-state index in [0.29, 0.717) is 17.4 Å². The van der Waals surface area contributed by atoms with Crippen molar-refractivity contribution in [3.8, 4) is 0 Å². The highest BCUT2D eigenvalue weighted by molar-refractivity contribution is 7.47. The van der Waals surface area contributed by atoms with Crippen molar-refractivity contribution in [1.82, 2.24) is 0 Å². The number of esters is 2. The topological polar surface area (TPSA) is 108 Å². The molecule has 0 amide bonds. The van der Waals surface area contributed by atoms with Gasteiger partial charge in [-0.15, -0.1) is 0 Å². The van der Waals surface area contributed by atoms with E-state index in [2.05, 4.69) is 38.2 Å². The molecule has 0 saturated heterocycles. The maximum atomic E-state index is 12.5. The van der Waals surface area contributed by atoms with E-state index in [0.717, 1.165) is 70.6 Å². The lowest BCUT2D eigenvalue weighted by Crippen LogP contribution is -2.37. The van der Waals surface area contributed by atoms with Crippen molar-refractivity contribution >= 4 is 19.8 Å². The van der Waals surface area contributed by atoms with Crippen molar-refractivity contribution in [2.24, 2.45) is 0 Å². The van der Waals surface area contributed by atoms with E-state index in [1.165, 1.54) is 25.7 Å². The standard InChI is InChI=1S/C34H64NO8P/c1-6-8-10-12-13-14-15-16-17-18-19-20-21-23-25-27-34(37)43-32(30-40-33(36)26-24-22-11-9-7-2)31-42-44(38,39)41-29-28-35(3,4)5/h13-14,16-17,32H,6-12,15,18-31H2,1-5H3/p+1/b14-13-,17-16-/t32-/m1/s1. The molecule has 9 nitrogen and oxygen atoms in total. The highest BCUT2D eigenvalue weighted by Crippen LogP contribution is 2.43. The molecular formula is C34H65NO8P+. The zero-order valence-electron chi connectivity index (χ0n) is 28.6. The largest absolute Gasteiger partial charge is 0.472 e. The Morgan fingerprint density at radius 3 is 1.84 bits per heavy atom. The first kappa shape index (κ1) is 42.5. The molecule has 0 radical (unpaired) electrons. The van der Waals surface area contributed by atoms with E-state index in [4.69, 9.17) is 18.5 Å². The molecule has 0 aliphatic heterocycles. The number of nitrogens with zero attached hydrogens (tertiary/aromatic N) is 1. The lowest BCUT2D eigenvalue weighted by Gasteiger charge is -2.24. The third-order valence-electron chi connectivity index (χ3n) is 6.98. The first-order chi connectivity index (χ1) is 21.0. The van der Waals surface area contributed by atoms with Crippen molar-refractivity contribution in [3.05, 3.63) is 24.3 Å². The number of hydrogen-bond donors (Lipinski definition) is 1. The van der Waals surface area contributed by atoms with Gasteiger partial charge in [-0.05, 0) is 44.9 Å². The fourth-order valence-electron chi connectivity index (χ4n) is 4.22. The third-order valence-corrected chi connectivity index (χ3v) is 7.97. The van der Waals surface area contributed by atoms with Crippen LogP contribution in [0.1, 0.15) is 129 Å². The van der Waals surface area contributed by atoms with E-state index < -0.39 is 26.5 Å². The number of phosphoric acid groups is 1. The highest BCUT2D eigenvalue weighted by atomic mass is 31.2. The van der Waals surface area contributed by atoms with Crippen LogP contribution in [-0.2, 0) is 32.7 Å². The van der Waals surface area contributed by atoms with Gasteiger partial charge in [0.1, 0.15) is 19.8 Å². The summed E-state index contributed by atoms with van der Waals surface area (Å²) in [5.41, 5.74) is 0. The number of carbonyl (C=O) groups excluding carboxylic acids is 2. The number of quaternary nitrogens is 1. The highest BCUT2D eigenvalue weighted by Gasteiger charge is 2.27. The van der Waals surface area contributed by atoms with Crippen molar-refractivity contribution < 1.29 is 42.1 Å². The van der Waals surface area contributed by atoms with Gasteiger partial charge in [0.05, 0.1) is 27.7 Å². The molecule has 258 valence electrons. The number of allylic oxidation sites excluding steroid dienone is 4. The summed E-state index contributed by atoms with van der Waals surface area (Å²) in [6.45, 7) is 4.25. The molecular weight excluding hydrogens is 581 g/mol. The maximum Gasteiger partial charge on any atom is 0.472 e. The predicted molar refractivity (Wildman–Crippen MR) is 178 cm³/mol. The molecule has 0 aromatic heterocycles. The Balaban J connectivity index is 4.43. The van der Waals surface area contributed by atoms with Gasteiger partial charge in [-0.3, -0.25) is 18.6 Å². The minimum atomic E-state index is -4.36. The molecule has 0 spiro atoms. The lowest BCUT2D eigenvalue weighted by atomic mass is 10.1. The van der Waals surface area contributed by atoms with Gasteiger partial charge in [-0.25, -0.2) is 4.57 Å². The SMILES string of the molecule is CCCCC/C=C\C/C=C\CCCCCCCC(=O)O[C@H](COC(=O)CCCCCCC)COP(=O)(O)OCC[N+](C)(C)C. The zero-order valence-corrected chi connectivity index (χ0v) is 29.5. The maximum absolute atomic E-state index is 12.5. The summed E-state index contributed by atoms with van der Waals surface area (Å²) in [4.78, 5) is 34.8. The number of unbranched alkanes of at least 4 members (excludes halogenated alkanes) is 12. The van der Waals surface area contributed by atoms with Crippen LogP contribution in [-0.4, -0.2) is 74.9 Å². The normalized spacial score (nSPS) is 14.2. The van der Waals surface area contributed by atoms with Gasteiger partial charge in [0, 0.05) is 12.8 Å². The fourth-order valence-corrected chi connectivity index (χ4v) is 4.96. The van der Waals surface area contributed by atoms with Crippen LogP contribution in [0.4, 0.5) is 0 Å². The molecule has 0 aliphatic rings. The summed E-state index contributed by atoms with van der Waals surface area (Å²) in [6, 6.07) is 0. The Hall–Kier alpha value is -1.51. The Labute approximate surface area is 268 Å². The van der Waals surface area contributed by atoms with E-state index in [1.807, 2.05) is 21.1 Å². The van der Waals surface area contributed by atoms with Crippen LogP contribution in [0.25, 0.3) is 0 Å². The van der Waals surface area contributed by atoms with E-state index >= 15 is 0 Å². The Bertz CT molecular complexity index is 825. The van der Waals surface area contributed by atoms with Gasteiger partial charge in [0.15, 0.2) is 6.10 Å². The van der Waals surface area contributed by atoms with Gasteiger partial charge < -0.3 is 18.9 Å². The van der Waals surface area contributed by atoms with Gasteiger partial charge in [0.25, 0.3) is 0 Å². The zero-order chi connectivity index (χ0) is 32.9. The smallest absolute Gasteiger partial charge is 0.462 e. The second-order valence-corrected chi connectivity index (χ2v) is 14.0. The molecule has 0 rings (SSSR count). The lowest BCUT2D eigenvalue weighted by molar-refractivity contribution is -0.870. The van der Waals surface area contributed by atoms with Crippen LogP contribution in [0.2, 0.25) is 0 Å². The van der Waals surface area contributed by atoms with Crippen LogP contribution in [0, 0.1) is 0 Å². The second kappa shape index (κ2) is 27.8. The van der Waals surface area contributed by atoms with E-state index in [1.54, 1.807) is 0 Å². The molecule has 1 N–H and O–H groups in total. The van der Waals surface area contributed by atoms with Gasteiger partial charge in [-0.1, -0.05) is 95.9 Å². The summed E-state index contributed by atoms with van der Waals surface area (Å²) in [5, 5.41) is 0. The molecule has 0 bridgehead atoms. The Morgan fingerprint density at radius 1 is 0.705 bits per heavy atom. The summed E-state index contributed by atoms with van der Waals surface area (Å²) in [7, 11) is 1.46. The average molecular weight is 647 g/mol. The van der Waals surface area contributed by atoms with Crippen LogP contribution < -0.4 is 0 Å². The summed E-state index contributed by atoms with van der Waals surface area (Å²) in [6.07, 6.45) is 25.5. The number of rotatable bonds is 30. The molecule has 2 atom stereocenters. The van der Waals surface area contributed by atoms with Crippen molar-refractivity contribution in [3.63, 3.8) is 0 Å². The summed E-state index contributed by atoms with van der Waals surface area (Å²) in [5.74, 6) is -0.832. The van der Waals surface area contributed by atoms with Crippen molar-refractivity contribution in [2.45, 2.75) is 136 Å². The number of likely N-dealkylation sites (N-methyl/N-ethyl adjacent to an activating group) is 1. The first-order valence-corrected chi connectivity index (χ1v) is 18.6. The first-order valence-electron chi connectivity index (χ1n) is 17.1. The van der Waals surface area contributed by atoms with Crippen LogP contribution in [0.5, 0.6) is 0 Å². The van der Waals surface area contributed by atoms with Crippen LogP contribution >= 0.6 is 7.82 Å². The average Bonchev–Trinajstić information content (AvgIpc) is 2.95. The molecule has 0 aliphatic carbocycles. The van der Waals surface area contributed by atoms with Crippen LogP contribution in [0.3, 0.4) is 0 Å². The monoisotopic (exact) mass is 646 g/mol. The molecule has 0 aromatic rings. The Morgan fingerprint density at radius 2 is 1.23 bits per heavy atom. The summed E-state index contributed by atoms with van der Waals surface area (Å²) >= 11 is 0. The van der Waals surface area contributed by atoms with E-state index in [-0.39, 0.29) is 32.0 Å². The number of hydrogen-bond acceptors (Lipinski definition) is 7. The quantitative estimate of drug-likeness (QED) is 0.0272.